The zero-order chi connectivity index (χ0) is 15.5. The molecule has 2 aromatic rings. The molecule has 116 valence electrons. The number of halogens is 1. The van der Waals surface area contributed by atoms with E-state index in [4.69, 9.17) is 4.42 Å². The van der Waals surface area contributed by atoms with Crippen molar-refractivity contribution in [2.45, 2.75) is 31.0 Å². The maximum absolute atomic E-state index is 12.4. The first-order valence-electron chi connectivity index (χ1n) is 6.35. The molecule has 7 nitrogen and oxygen atoms in total. The zero-order valence-corrected chi connectivity index (χ0v) is 14.1. The van der Waals surface area contributed by atoms with E-state index in [-0.39, 0.29) is 15.6 Å². The van der Waals surface area contributed by atoms with Gasteiger partial charge in [-0.1, -0.05) is 0 Å². The number of sulfonamides is 1. The Kier molecular flexibility index (Phi) is 5.20. The van der Waals surface area contributed by atoms with Gasteiger partial charge in [0.25, 0.3) is 0 Å². The molecular weight excluding hydrogens is 360 g/mol. The molecule has 0 aromatic carbocycles. The van der Waals surface area contributed by atoms with E-state index in [1.54, 1.807) is 37.1 Å². The summed E-state index contributed by atoms with van der Waals surface area (Å²) in [5, 5.41) is 6.96. The average molecular weight is 377 g/mol. The van der Waals surface area contributed by atoms with Gasteiger partial charge in [-0.05, 0) is 36.0 Å². The first-order chi connectivity index (χ1) is 9.92. The van der Waals surface area contributed by atoms with Gasteiger partial charge in [0.05, 0.1) is 13.1 Å². The summed E-state index contributed by atoms with van der Waals surface area (Å²) in [6.07, 6.45) is 3.43. The van der Waals surface area contributed by atoms with Crippen molar-refractivity contribution in [1.29, 1.82) is 0 Å². The van der Waals surface area contributed by atoms with Gasteiger partial charge in [0.2, 0.25) is 10.0 Å². The molecule has 2 N–H and O–H groups in total. The second-order valence-corrected chi connectivity index (χ2v) is 7.03. The topological polar surface area (TPSA) is 89.2 Å². The second-order valence-electron chi connectivity index (χ2n) is 4.63. The lowest BCUT2D eigenvalue weighted by Gasteiger charge is -2.13. The van der Waals surface area contributed by atoms with E-state index in [0.29, 0.717) is 18.8 Å². The van der Waals surface area contributed by atoms with Crippen LogP contribution in [0.1, 0.15) is 12.7 Å². The van der Waals surface area contributed by atoms with Crippen molar-refractivity contribution in [3.05, 3.63) is 35.0 Å². The average Bonchev–Trinajstić information content (AvgIpc) is 2.99. The zero-order valence-electron chi connectivity index (χ0n) is 11.7. The van der Waals surface area contributed by atoms with Crippen molar-refractivity contribution in [2.75, 3.05) is 7.05 Å². The number of rotatable bonds is 7. The number of furan rings is 1. The van der Waals surface area contributed by atoms with Crippen LogP contribution in [-0.4, -0.2) is 31.3 Å². The van der Waals surface area contributed by atoms with Crippen LogP contribution in [0, 0.1) is 0 Å². The SMILES string of the molecule is CNCc1cc(S(=O)(=O)NC(C)Cn2cccn2)c(Br)o1. The molecule has 0 saturated heterocycles. The third-order valence-corrected chi connectivity index (χ3v) is 5.17. The van der Waals surface area contributed by atoms with Crippen molar-refractivity contribution in [3.8, 4) is 0 Å². The molecule has 21 heavy (non-hydrogen) atoms. The third-order valence-electron chi connectivity index (χ3n) is 2.72. The molecule has 0 amide bonds. The molecular formula is C12H17BrN4O3S. The van der Waals surface area contributed by atoms with Crippen LogP contribution >= 0.6 is 15.9 Å². The highest BCUT2D eigenvalue weighted by molar-refractivity contribution is 9.10. The Morgan fingerprint density at radius 3 is 2.90 bits per heavy atom. The highest BCUT2D eigenvalue weighted by Gasteiger charge is 2.24. The van der Waals surface area contributed by atoms with Gasteiger partial charge < -0.3 is 9.73 Å². The summed E-state index contributed by atoms with van der Waals surface area (Å²) in [7, 11) is -1.89. The van der Waals surface area contributed by atoms with Crippen LogP contribution < -0.4 is 10.0 Å². The lowest BCUT2D eigenvalue weighted by molar-refractivity contribution is 0.468. The summed E-state index contributed by atoms with van der Waals surface area (Å²) < 4.78 is 34.5. The highest BCUT2D eigenvalue weighted by atomic mass is 79.9. The molecule has 2 heterocycles. The van der Waals surface area contributed by atoms with E-state index < -0.39 is 10.0 Å². The van der Waals surface area contributed by atoms with Crippen molar-refractivity contribution in [3.63, 3.8) is 0 Å². The molecule has 0 spiro atoms. The van der Waals surface area contributed by atoms with E-state index in [1.165, 1.54) is 6.07 Å². The third kappa shape index (κ3) is 4.16. The summed E-state index contributed by atoms with van der Waals surface area (Å²) >= 11 is 3.14. The van der Waals surface area contributed by atoms with Gasteiger partial charge >= 0.3 is 0 Å². The molecule has 0 bridgehead atoms. The first-order valence-corrected chi connectivity index (χ1v) is 8.62. The predicted octanol–water partition coefficient (Wildman–Crippen LogP) is 1.32. The number of nitrogens with zero attached hydrogens (tertiary/aromatic N) is 2. The number of aromatic nitrogens is 2. The lowest BCUT2D eigenvalue weighted by atomic mass is 10.4. The van der Waals surface area contributed by atoms with E-state index in [9.17, 15) is 8.42 Å². The molecule has 0 fully saturated rings. The van der Waals surface area contributed by atoms with Gasteiger partial charge in [-0.15, -0.1) is 0 Å². The summed E-state index contributed by atoms with van der Waals surface area (Å²) in [6, 6.07) is 2.99. The lowest BCUT2D eigenvalue weighted by Crippen LogP contribution is -2.35. The molecule has 1 atom stereocenters. The van der Waals surface area contributed by atoms with Crippen LogP contribution in [0.4, 0.5) is 0 Å². The first kappa shape index (κ1) is 16.2. The van der Waals surface area contributed by atoms with Crippen LogP contribution in [0.5, 0.6) is 0 Å². The molecule has 0 aliphatic heterocycles. The summed E-state index contributed by atoms with van der Waals surface area (Å²) in [5.74, 6) is 0.546. The minimum Gasteiger partial charge on any atom is -0.452 e. The molecule has 0 saturated carbocycles. The molecule has 0 aliphatic carbocycles. The van der Waals surface area contributed by atoms with E-state index >= 15 is 0 Å². The maximum Gasteiger partial charge on any atom is 0.245 e. The fourth-order valence-electron chi connectivity index (χ4n) is 1.90. The van der Waals surface area contributed by atoms with Gasteiger partial charge in [0.1, 0.15) is 10.7 Å². The minimum atomic E-state index is -3.65. The van der Waals surface area contributed by atoms with E-state index in [0.717, 1.165) is 0 Å². The van der Waals surface area contributed by atoms with Crippen molar-refractivity contribution in [1.82, 2.24) is 19.8 Å². The summed E-state index contributed by atoms with van der Waals surface area (Å²) in [6.45, 7) is 2.68. The molecule has 2 aromatic heterocycles. The Morgan fingerprint density at radius 1 is 1.52 bits per heavy atom. The summed E-state index contributed by atoms with van der Waals surface area (Å²) in [4.78, 5) is 0.0973. The van der Waals surface area contributed by atoms with Gasteiger partial charge in [-0.2, -0.15) is 5.10 Å². The molecule has 9 heteroatoms. The van der Waals surface area contributed by atoms with Crippen LogP contribution in [-0.2, 0) is 23.1 Å². The monoisotopic (exact) mass is 376 g/mol. The van der Waals surface area contributed by atoms with Gasteiger partial charge in [-0.3, -0.25) is 4.68 Å². The smallest absolute Gasteiger partial charge is 0.245 e. The van der Waals surface area contributed by atoms with E-state index in [2.05, 4.69) is 31.1 Å². The Labute approximate surface area is 131 Å². The Balaban J connectivity index is 2.10. The van der Waals surface area contributed by atoms with E-state index in [1.807, 2.05) is 0 Å². The number of hydrogen-bond acceptors (Lipinski definition) is 5. The van der Waals surface area contributed by atoms with Gasteiger partial charge in [-0.25, -0.2) is 13.1 Å². The number of nitrogens with one attached hydrogen (secondary N) is 2. The Morgan fingerprint density at radius 2 is 2.29 bits per heavy atom. The van der Waals surface area contributed by atoms with Crippen molar-refractivity contribution < 1.29 is 12.8 Å². The molecule has 0 radical (unpaired) electrons. The maximum atomic E-state index is 12.4. The van der Waals surface area contributed by atoms with Crippen molar-refractivity contribution >= 4 is 26.0 Å². The van der Waals surface area contributed by atoms with Gasteiger partial charge in [0.15, 0.2) is 4.67 Å². The van der Waals surface area contributed by atoms with Crippen LogP contribution in [0.2, 0.25) is 0 Å². The molecule has 1 unspecified atom stereocenters. The standard InChI is InChI=1S/C12H17BrN4O3S/c1-9(8-17-5-3-4-15-17)16-21(18,19)11-6-10(7-14-2)20-12(11)13/h3-6,9,14,16H,7-8H2,1-2H3. The fraction of sp³-hybridized carbons (Fsp3) is 0.417. The Bertz CT molecular complexity index is 681. The summed E-state index contributed by atoms with van der Waals surface area (Å²) in [5.41, 5.74) is 0. The normalized spacial score (nSPS) is 13.5. The predicted molar refractivity (Wildman–Crippen MR) is 81.2 cm³/mol. The molecule has 0 aliphatic rings. The largest absolute Gasteiger partial charge is 0.452 e. The molecule has 2 rings (SSSR count). The Hall–Kier alpha value is -1.16. The number of hydrogen-bond donors (Lipinski definition) is 2. The minimum absolute atomic E-state index is 0.0973. The van der Waals surface area contributed by atoms with Crippen LogP contribution in [0.3, 0.4) is 0 Å². The van der Waals surface area contributed by atoms with Crippen LogP contribution in [0.25, 0.3) is 0 Å². The fourth-order valence-corrected chi connectivity index (χ4v) is 4.13. The van der Waals surface area contributed by atoms with Crippen molar-refractivity contribution in [2.24, 2.45) is 0 Å². The van der Waals surface area contributed by atoms with Crippen LogP contribution in [0.15, 0.2) is 38.5 Å². The second kappa shape index (κ2) is 6.73. The van der Waals surface area contributed by atoms with Gasteiger partial charge in [0, 0.05) is 24.5 Å². The highest BCUT2D eigenvalue weighted by Crippen LogP contribution is 2.26. The quantitative estimate of drug-likeness (QED) is 0.760.